The third-order valence-corrected chi connectivity index (χ3v) is 3.69. The molecule has 0 unspecified atom stereocenters. The molecule has 0 atom stereocenters. The fourth-order valence-corrected chi connectivity index (χ4v) is 2.54. The van der Waals surface area contributed by atoms with Crippen LogP contribution in [0.2, 0.25) is 0 Å². The van der Waals surface area contributed by atoms with E-state index in [4.69, 9.17) is 10.9 Å². The third-order valence-electron chi connectivity index (χ3n) is 2.83. The van der Waals surface area contributed by atoms with Crippen molar-refractivity contribution in [3.05, 3.63) is 40.5 Å². The Balaban J connectivity index is 2.39. The second-order valence-corrected chi connectivity index (χ2v) is 5.55. The van der Waals surface area contributed by atoms with Crippen molar-refractivity contribution in [1.29, 1.82) is 0 Å². The Hall–Kier alpha value is -2.15. The number of nitrogens with zero attached hydrogens (tertiary/aromatic N) is 4. The van der Waals surface area contributed by atoms with Crippen LogP contribution in [0.4, 0.5) is 5.82 Å². The van der Waals surface area contributed by atoms with Crippen molar-refractivity contribution in [1.82, 2.24) is 9.97 Å². The highest BCUT2D eigenvalue weighted by atomic mass is 32.1. The molecule has 20 heavy (non-hydrogen) atoms. The lowest BCUT2D eigenvalue weighted by Gasteiger charge is -2.28. The second-order valence-electron chi connectivity index (χ2n) is 4.51. The van der Waals surface area contributed by atoms with Crippen LogP contribution in [0.5, 0.6) is 0 Å². The van der Waals surface area contributed by atoms with Crippen LogP contribution >= 0.6 is 11.3 Å². The molecule has 2 aromatic rings. The van der Waals surface area contributed by atoms with Crippen molar-refractivity contribution in [3.8, 4) is 0 Å². The second kappa shape index (κ2) is 6.33. The largest absolute Gasteiger partial charge is 0.409 e. The van der Waals surface area contributed by atoms with Gasteiger partial charge in [-0.05, 0) is 25.3 Å². The van der Waals surface area contributed by atoms with Gasteiger partial charge in [0.05, 0.1) is 6.54 Å². The lowest BCUT2D eigenvalue weighted by atomic mass is 10.2. The number of oxime groups is 1. The minimum Gasteiger partial charge on any atom is -0.409 e. The van der Waals surface area contributed by atoms with Gasteiger partial charge >= 0.3 is 0 Å². The summed E-state index contributed by atoms with van der Waals surface area (Å²) in [6.45, 7) is 4.84. The number of nitrogens with two attached hydrogens (primary N) is 1. The van der Waals surface area contributed by atoms with E-state index in [0.717, 1.165) is 0 Å². The first-order valence-electron chi connectivity index (χ1n) is 6.21. The van der Waals surface area contributed by atoms with Gasteiger partial charge in [0.1, 0.15) is 0 Å². The average Bonchev–Trinajstić information content (AvgIpc) is 2.96. The van der Waals surface area contributed by atoms with Gasteiger partial charge in [-0.3, -0.25) is 0 Å². The van der Waals surface area contributed by atoms with Gasteiger partial charge in [-0.15, -0.1) is 11.3 Å². The molecular formula is C13H17N5OS. The quantitative estimate of drug-likeness (QED) is 0.381. The van der Waals surface area contributed by atoms with Crippen LogP contribution in [-0.2, 0) is 6.54 Å². The van der Waals surface area contributed by atoms with Crippen molar-refractivity contribution in [2.45, 2.75) is 26.4 Å². The van der Waals surface area contributed by atoms with Crippen molar-refractivity contribution >= 4 is 23.0 Å². The van der Waals surface area contributed by atoms with E-state index in [2.05, 4.69) is 39.9 Å². The molecule has 7 heteroatoms. The molecule has 0 radical (unpaired) electrons. The summed E-state index contributed by atoms with van der Waals surface area (Å²) in [5.74, 6) is 0.580. The lowest BCUT2D eigenvalue weighted by Crippen LogP contribution is -2.33. The van der Waals surface area contributed by atoms with E-state index in [1.165, 1.54) is 11.1 Å². The summed E-state index contributed by atoms with van der Waals surface area (Å²) in [7, 11) is 0. The Morgan fingerprint density at radius 2 is 2.20 bits per heavy atom. The molecule has 0 spiro atoms. The Morgan fingerprint density at radius 3 is 2.80 bits per heavy atom. The van der Waals surface area contributed by atoms with E-state index >= 15 is 0 Å². The highest BCUT2D eigenvalue weighted by Gasteiger charge is 2.19. The van der Waals surface area contributed by atoms with Crippen molar-refractivity contribution < 1.29 is 5.21 Å². The van der Waals surface area contributed by atoms with E-state index < -0.39 is 0 Å². The predicted octanol–water partition coefficient (Wildman–Crippen LogP) is 2.05. The number of rotatable bonds is 5. The molecule has 0 aromatic carbocycles. The fraction of sp³-hybridized carbons (Fsp3) is 0.308. The van der Waals surface area contributed by atoms with Crippen LogP contribution in [0.25, 0.3) is 0 Å². The first-order valence-corrected chi connectivity index (χ1v) is 7.09. The average molecular weight is 291 g/mol. The molecule has 2 heterocycles. The van der Waals surface area contributed by atoms with Gasteiger partial charge in [0, 0.05) is 23.3 Å². The highest BCUT2D eigenvalue weighted by Crippen LogP contribution is 2.22. The number of thiophene rings is 1. The Kier molecular flexibility index (Phi) is 4.52. The van der Waals surface area contributed by atoms with E-state index in [1.807, 2.05) is 11.4 Å². The molecule has 2 aromatic heterocycles. The number of anilines is 1. The molecule has 0 aliphatic carbocycles. The first-order chi connectivity index (χ1) is 9.63. The van der Waals surface area contributed by atoms with Gasteiger partial charge in [0.25, 0.3) is 0 Å². The zero-order valence-electron chi connectivity index (χ0n) is 11.4. The molecule has 106 valence electrons. The predicted molar refractivity (Wildman–Crippen MR) is 80.2 cm³/mol. The van der Waals surface area contributed by atoms with Gasteiger partial charge in [0.15, 0.2) is 17.3 Å². The zero-order valence-corrected chi connectivity index (χ0v) is 12.2. The molecule has 0 bridgehead atoms. The SMILES string of the molecule is CC(C)N(Cc1cccs1)c1nccnc1C(N)=NO. The number of amidine groups is 1. The molecule has 0 saturated heterocycles. The van der Waals surface area contributed by atoms with Crippen LogP contribution < -0.4 is 10.6 Å². The smallest absolute Gasteiger partial charge is 0.192 e. The van der Waals surface area contributed by atoms with E-state index in [9.17, 15) is 0 Å². The molecule has 0 aliphatic heterocycles. The highest BCUT2D eigenvalue weighted by molar-refractivity contribution is 7.09. The standard InChI is InChI=1S/C13H17N5OS/c1-9(2)18(8-10-4-3-7-20-10)13-11(12(14)17-19)15-5-6-16-13/h3-7,9,19H,8H2,1-2H3,(H2,14,17). The number of hydrogen-bond donors (Lipinski definition) is 2. The summed E-state index contributed by atoms with van der Waals surface area (Å²) in [5.41, 5.74) is 6.07. The summed E-state index contributed by atoms with van der Waals surface area (Å²) in [6, 6.07) is 4.29. The summed E-state index contributed by atoms with van der Waals surface area (Å²) in [4.78, 5) is 11.8. The van der Waals surface area contributed by atoms with Crippen LogP contribution in [0.15, 0.2) is 35.1 Å². The molecule has 2 rings (SSSR count). The van der Waals surface area contributed by atoms with Gasteiger partial charge < -0.3 is 15.8 Å². The van der Waals surface area contributed by atoms with Crippen LogP contribution in [0.3, 0.4) is 0 Å². The summed E-state index contributed by atoms with van der Waals surface area (Å²) in [5, 5.41) is 13.9. The first kappa shape index (κ1) is 14.3. The van der Waals surface area contributed by atoms with E-state index in [0.29, 0.717) is 18.1 Å². The minimum absolute atomic E-state index is 0.0371. The van der Waals surface area contributed by atoms with Gasteiger partial charge in [-0.2, -0.15) is 0 Å². The molecule has 6 nitrogen and oxygen atoms in total. The summed E-state index contributed by atoms with van der Waals surface area (Å²) < 4.78 is 0. The van der Waals surface area contributed by atoms with Gasteiger partial charge in [-0.1, -0.05) is 11.2 Å². The molecular weight excluding hydrogens is 274 g/mol. The Labute approximate surface area is 121 Å². The number of aromatic nitrogens is 2. The van der Waals surface area contributed by atoms with Crippen LogP contribution in [0.1, 0.15) is 24.4 Å². The third kappa shape index (κ3) is 3.05. The van der Waals surface area contributed by atoms with Crippen LogP contribution in [0, 0.1) is 0 Å². The normalized spacial score (nSPS) is 11.8. The minimum atomic E-state index is -0.0371. The maximum atomic E-state index is 8.87. The van der Waals surface area contributed by atoms with E-state index in [1.54, 1.807) is 17.5 Å². The molecule has 0 saturated carbocycles. The summed E-state index contributed by atoms with van der Waals surface area (Å²) >= 11 is 1.68. The van der Waals surface area contributed by atoms with Crippen molar-refractivity contribution in [2.24, 2.45) is 10.9 Å². The molecule has 0 aliphatic rings. The maximum absolute atomic E-state index is 8.87. The van der Waals surface area contributed by atoms with Crippen molar-refractivity contribution in [3.63, 3.8) is 0 Å². The lowest BCUT2D eigenvalue weighted by molar-refractivity contribution is 0.318. The topological polar surface area (TPSA) is 87.6 Å². The number of hydrogen-bond acceptors (Lipinski definition) is 6. The fourth-order valence-electron chi connectivity index (χ4n) is 1.84. The van der Waals surface area contributed by atoms with Crippen LogP contribution in [-0.4, -0.2) is 27.1 Å². The zero-order chi connectivity index (χ0) is 14.5. The summed E-state index contributed by atoms with van der Waals surface area (Å²) in [6.07, 6.45) is 3.13. The molecule has 3 N–H and O–H groups in total. The Bertz CT molecular complexity index is 582. The Morgan fingerprint density at radius 1 is 1.45 bits per heavy atom. The van der Waals surface area contributed by atoms with Gasteiger partial charge in [0.2, 0.25) is 0 Å². The van der Waals surface area contributed by atoms with Crippen molar-refractivity contribution in [2.75, 3.05) is 4.90 Å². The molecule has 0 fully saturated rings. The van der Waals surface area contributed by atoms with Gasteiger partial charge in [-0.25, -0.2) is 9.97 Å². The monoisotopic (exact) mass is 291 g/mol. The van der Waals surface area contributed by atoms with E-state index in [-0.39, 0.29) is 11.9 Å². The maximum Gasteiger partial charge on any atom is 0.192 e. The molecule has 0 amide bonds.